The molecule has 12 heavy (non-hydrogen) atoms. The molecular weight excluding hydrogens is 152 g/mol. The highest BCUT2D eigenvalue weighted by Gasteiger charge is 2.14. The molecule has 0 spiro atoms. The molecule has 0 aliphatic carbocycles. The van der Waals surface area contributed by atoms with E-state index in [-0.39, 0.29) is 0 Å². The summed E-state index contributed by atoms with van der Waals surface area (Å²) in [5.41, 5.74) is 1.21. The van der Waals surface area contributed by atoms with E-state index in [1.54, 1.807) is 6.26 Å². The average Bonchev–Trinajstić information content (AvgIpc) is 2.64. The van der Waals surface area contributed by atoms with E-state index in [9.17, 15) is 0 Å². The van der Waals surface area contributed by atoms with E-state index in [2.05, 4.69) is 16.1 Å². The second-order valence-electron chi connectivity index (χ2n) is 2.92. The lowest BCUT2D eigenvalue weighted by Gasteiger charge is -2.15. The Labute approximate surface area is 69.6 Å². The molecule has 0 saturated carbocycles. The molecule has 0 unspecified atom stereocenters. The Morgan fingerprint density at radius 3 is 3.42 bits per heavy atom. The summed E-state index contributed by atoms with van der Waals surface area (Å²) in [7, 11) is 0. The van der Waals surface area contributed by atoms with Crippen molar-refractivity contribution < 1.29 is 4.42 Å². The zero-order valence-corrected chi connectivity index (χ0v) is 6.45. The summed E-state index contributed by atoms with van der Waals surface area (Å²) < 4.78 is 7.41. The van der Waals surface area contributed by atoms with Gasteiger partial charge in [0.15, 0.2) is 0 Å². The number of anilines is 2. The Balaban J connectivity index is 2.15. The molecule has 0 bridgehead atoms. The third-order valence-corrected chi connectivity index (χ3v) is 2.16. The quantitative estimate of drug-likeness (QED) is 0.546. The summed E-state index contributed by atoms with van der Waals surface area (Å²) in [6.45, 7) is 0.904. The van der Waals surface area contributed by atoms with Crippen molar-refractivity contribution in [2.24, 2.45) is 0 Å². The lowest BCUT2D eigenvalue weighted by Crippen LogP contribution is -2.09. The Kier molecular flexibility index (Phi) is 0.961. The van der Waals surface area contributed by atoms with Crippen LogP contribution >= 0.6 is 0 Å². The van der Waals surface area contributed by atoms with E-state index >= 15 is 0 Å². The summed E-state index contributed by atoms with van der Waals surface area (Å²) >= 11 is 0. The highest BCUT2D eigenvalue weighted by atomic mass is 16.3. The van der Waals surface area contributed by atoms with Crippen LogP contribution in [0.15, 0.2) is 35.1 Å². The summed E-state index contributed by atoms with van der Waals surface area (Å²) in [6.07, 6.45) is 3.77. The van der Waals surface area contributed by atoms with Gasteiger partial charge in [-0.2, -0.15) is 0 Å². The summed E-state index contributed by atoms with van der Waals surface area (Å²) in [5.74, 6) is 1.97. The molecule has 3 nitrogen and oxygen atoms in total. The number of fused-ring (bicyclic) bond motifs is 2. The lowest BCUT2D eigenvalue weighted by molar-refractivity contribution is 0.575. The van der Waals surface area contributed by atoms with Crippen molar-refractivity contribution in [3.05, 3.63) is 36.2 Å². The van der Waals surface area contributed by atoms with Crippen molar-refractivity contribution in [3.63, 3.8) is 0 Å². The fourth-order valence-corrected chi connectivity index (χ4v) is 1.54. The zero-order chi connectivity index (χ0) is 7.97. The van der Waals surface area contributed by atoms with Gasteiger partial charge in [0.25, 0.3) is 0 Å². The molecule has 0 saturated heterocycles. The van der Waals surface area contributed by atoms with Crippen LogP contribution in [0.5, 0.6) is 0 Å². The van der Waals surface area contributed by atoms with E-state index in [4.69, 9.17) is 4.42 Å². The highest BCUT2D eigenvalue weighted by Crippen LogP contribution is 2.28. The molecule has 0 atom stereocenters. The van der Waals surface area contributed by atoms with Crippen LogP contribution in [0, 0.1) is 0 Å². The minimum absolute atomic E-state index is 0.876. The van der Waals surface area contributed by atoms with E-state index in [1.165, 1.54) is 5.56 Å². The van der Waals surface area contributed by atoms with Gasteiger partial charge in [-0.25, -0.2) is 0 Å². The van der Waals surface area contributed by atoms with E-state index in [0.717, 1.165) is 18.2 Å². The van der Waals surface area contributed by atoms with Crippen LogP contribution in [-0.2, 0) is 6.54 Å². The van der Waals surface area contributed by atoms with Crippen LogP contribution < -0.4 is 5.32 Å². The van der Waals surface area contributed by atoms with Crippen LogP contribution in [0.3, 0.4) is 0 Å². The SMILES string of the molecule is c1cc2n(c1)Cc1ccoc1N2. The van der Waals surface area contributed by atoms with Gasteiger partial charge in [0, 0.05) is 11.8 Å². The second kappa shape index (κ2) is 1.94. The Morgan fingerprint density at radius 1 is 1.42 bits per heavy atom. The molecule has 0 fully saturated rings. The third-order valence-electron chi connectivity index (χ3n) is 2.16. The van der Waals surface area contributed by atoms with Gasteiger partial charge in [-0.05, 0) is 18.2 Å². The van der Waals surface area contributed by atoms with Crippen LogP contribution in [-0.4, -0.2) is 4.57 Å². The monoisotopic (exact) mass is 160 g/mol. The molecule has 3 heteroatoms. The van der Waals surface area contributed by atoms with Crippen molar-refractivity contribution in [3.8, 4) is 0 Å². The van der Waals surface area contributed by atoms with Crippen molar-refractivity contribution in [1.29, 1.82) is 0 Å². The first-order chi connectivity index (χ1) is 5.93. The molecule has 0 radical (unpaired) electrons. The molecular formula is C9H8N2O. The van der Waals surface area contributed by atoms with Crippen molar-refractivity contribution in [1.82, 2.24) is 4.57 Å². The lowest BCUT2D eigenvalue weighted by atomic mass is 10.3. The van der Waals surface area contributed by atoms with Gasteiger partial charge in [-0.1, -0.05) is 0 Å². The fraction of sp³-hybridized carbons (Fsp3) is 0.111. The number of hydrogen-bond donors (Lipinski definition) is 1. The van der Waals surface area contributed by atoms with Gasteiger partial charge < -0.3 is 14.3 Å². The predicted octanol–water partition coefficient (Wildman–Crippen LogP) is 2.19. The number of aromatic nitrogens is 1. The first kappa shape index (κ1) is 5.94. The minimum atomic E-state index is 0.876. The van der Waals surface area contributed by atoms with Crippen LogP contribution in [0.4, 0.5) is 11.7 Å². The molecule has 1 aliphatic rings. The van der Waals surface area contributed by atoms with Crippen LogP contribution in [0.25, 0.3) is 0 Å². The van der Waals surface area contributed by atoms with E-state index in [1.807, 2.05) is 18.2 Å². The fourth-order valence-electron chi connectivity index (χ4n) is 1.54. The molecule has 60 valence electrons. The van der Waals surface area contributed by atoms with Gasteiger partial charge >= 0.3 is 0 Å². The number of nitrogens with one attached hydrogen (secondary N) is 1. The average molecular weight is 160 g/mol. The first-order valence-electron chi connectivity index (χ1n) is 3.92. The largest absolute Gasteiger partial charge is 0.448 e. The molecule has 1 aliphatic heterocycles. The van der Waals surface area contributed by atoms with Gasteiger partial charge in [0.05, 0.1) is 12.8 Å². The van der Waals surface area contributed by atoms with Crippen LogP contribution in [0.1, 0.15) is 5.56 Å². The normalized spacial score (nSPS) is 13.3. The topological polar surface area (TPSA) is 30.1 Å². The van der Waals surface area contributed by atoms with E-state index < -0.39 is 0 Å². The molecule has 0 amide bonds. The molecule has 3 heterocycles. The maximum Gasteiger partial charge on any atom is 0.203 e. The summed E-state index contributed by atoms with van der Waals surface area (Å²) in [4.78, 5) is 0. The number of nitrogens with zero attached hydrogens (tertiary/aromatic N) is 1. The molecule has 0 aromatic carbocycles. The maximum absolute atomic E-state index is 5.26. The third kappa shape index (κ3) is 0.652. The Morgan fingerprint density at radius 2 is 2.42 bits per heavy atom. The Bertz CT molecular complexity index is 340. The standard InChI is InChI=1S/C9H8N2O/c1-2-8-10-9-7(3-5-12-9)6-11(8)4-1/h1-5,10H,6H2. The smallest absolute Gasteiger partial charge is 0.203 e. The van der Waals surface area contributed by atoms with Crippen molar-refractivity contribution in [2.75, 3.05) is 5.32 Å². The number of rotatable bonds is 0. The number of hydrogen-bond acceptors (Lipinski definition) is 2. The first-order valence-corrected chi connectivity index (χ1v) is 3.92. The molecule has 1 N–H and O–H groups in total. The van der Waals surface area contributed by atoms with Crippen molar-refractivity contribution >= 4 is 11.7 Å². The van der Waals surface area contributed by atoms with Gasteiger partial charge in [0.1, 0.15) is 5.82 Å². The number of furan rings is 1. The van der Waals surface area contributed by atoms with Crippen molar-refractivity contribution in [2.45, 2.75) is 6.54 Å². The maximum atomic E-state index is 5.26. The Hall–Kier alpha value is -1.64. The minimum Gasteiger partial charge on any atom is -0.448 e. The summed E-state index contributed by atoms with van der Waals surface area (Å²) in [6, 6.07) is 6.05. The summed E-state index contributed by atoms with van der Waals surface area (Å²) in [5, 5.41) is 3.20. The van der Waals surface area contributed by atoms with Crippen LogP contribution in [0.2, 0.25) is 0 Å². The second-order valence-corrected chi connectivity index (χ2v) is 2.92. The van der Waals surface area contributed by atoms with Gasteiger partial charge in [-0.15, -0.1) is 0 Å². The predicted molar refractivity (Wildman–Crippen MR) is 45.5 cm³/mol. The zero-order valence-electron chi connectivity index (χ0n) is 6.45. The van der Waals surface area contributed by atoms with E-state index in [0.29, 0.717) is 0 Å². The van der Waals surface area contributed by atoms with Gasteiger partial charge in [0.2, 0.25) is 5.88 Å². The van der Waals surface area contributed by atoms with Gasteiger partial charge in [-0.3, -0.25) is 0 Å². The molecule has 2 aromatic rings. The molecule has 3 rings (SSSR count). The molecule has 2 aromatic heterocycles. The highest BCUT2D eigenvalue weighted by molar-refractivity contribution is 5.58.